The van der Waals surface area contributed by atoms with Gasteiger partial charge in [-0.25, -0.2) is 18.6 Å². The number of piperidine rings is 1. The summed E-state index contributed by atoms with van der Waals surface area (Å²) in [5, 5.41) is 15.0. The van der Waals surface area contributed by atoms with E-state index >= 15 is 0 Å². The highest BCUT2D eigenvalue weighted by Gasteiger charge is 2.47. The number of hydrogen-bond donors (Lipinski definition) is 2. The van der Waals surface area contributed by atoms with Gasteiger partial charge in [0.1, 0.15) is 0 Å². The number of aromatic nitrogens is 3. The normalized spacial score (nSPS) is 16.9. The molecule has 37 heavy (non-hydrogen) atoms. The molecule has 1 aliphatic rings. The minimum atomic E-state index is -3.58. The van der Waals surface area contributed by atoms with Crippen LogP contribution in [0.5, 0.6) is 5.88 Å². The van der Waals surface area contributed by atoms with Crippen molar-refractivity contribution in [2.24, 2.45) is 0 Å². The second-order valence-electron chi connectivity index (χ2n) is 8.27. The smallest absolute Gasteiger partial charge is 0.374 e. The second-order valence-corrected chi connectivity index (χ2v) is 8.27. The van der Waals surface area contributed by atoms with Crippen molar-refractivity contribution in [2.75, 3.05) is 13.1 Å². The Morgan fingerprint density at radius 1 is 1.24 bits per heavy atom. The van der Waals surface area contributed by atoms with Gasteiger partial charge < -0.3 is 14.7 Å². The van der Waals surface area contributed by atoms with Crippen LogP contribution >= 0.6 is 0 Å². The molecule has 4 rings (SSSR count). The molecule has 3 heterocycles. The van der Waals surface area contributed by atoms with E-state index in [0.29, 0.717) is 18.2 Å². The number of fused-ring (bicyclic) bond motifs is 1. The predicted octanol–water partition coefficient (Wildman–Crippen LogP) is 4.90. The largest absolute Gasteiger partial charge is 0.477 e. The molecule has 0 radical (unpaired) electrons. The number of carbonyl (C=O) groups is 2. The summed E-state index contributed by atoms with van der Waals surface area (Å²) in [6, 6.07) is 8.27. The van der Waals surface area contributed by atoms with Crippen LogP contribution in [0.1, 0.15) is 35.0 Å². The molecule has 1 aromatic carbocycles. The van der Waals surface area contributed by atoms with Crippen molar-refractivity contribution in [1.82, 2.24) is 20.1 Å². The maximum atomic E-state index is 14.5. The zero-order valence-corrected chi connectivity index (χ0v) is 19.8. The first-order chi connectivity index (χ1) is 17.4. The molecule has 1 fully saturated rings. The van der Waals surface area contributed by atoms with E-state index in [1.54, 1.807) is 36.5 Å². The van der Waals surface area contributed by atoms with Gasteiger partial charge in [0.05, 0.1) is 24.0 Å². The molecule has 0 bridgehead atoms. The van der Waals surface area contributed by atoms with Crippen molar-refractivity contribution in [3.05, 3.63) is 66.5 Å². The maximum Gasteiger partial charge on any atom is 0.374 e. The van der Waals surface area contributed by atoms with Crippen molar-refractivity contribution < 1.29 is 37.0 Å². The van der Waals surface area contributed by atoms with Crippen molar-refractivity contribution >= 4 is 34.9 Å². The molecule has 1 unspecified atom stereocenters. The van der Waals surface area contributed by atoms with Gasteiger partial charge in [0.2, 0.25) is 5.88 Å². The number of amides is 1. The van der Waals surface area contributed by atoms with Gasteiger partial charge in [-0.2, -0.15) is 13.9 Å². The molecule has 2 N–H and O–H groups in total. The molecule has 12 heteroatoms. The molecule has 8 nitrogen and oxygen atoms in total. The third kappa shape index (κ3) is 6.51. The molecule has 1 saturated heterocycles. The number of aliphatic carboxylic acids is 1. The van der Waals surface area contributed by atoms with Gasteiger partial charge in [-0.3, -0.25) is 9.89 Å². The summed E-state index contributed by atoms with van der Waals surface area (Å²) in [7, 11) is 0. The lowest BCUT2D eigenvalue weighted by Crippen LogP contribution is -2.55. The first-order valence-corrected chi connectivity index (χ1v) is 11.0. The summed E-state index contributed by atoms with van der Waals surface area (Å²) in [6.45, 7) is 7.37. The van der Waals surface area contributed by atoms with Crippen LogP contribution in [0.3, 0.4) is 0 Å². The Kier molecular flexibility index (Phi) is 7.99. The topological polar surface area (TPSA) is 108 Å². The number of carboxylic acids is 1. The fourth-order valence-corrected chi connectivity index (χ4v) is 3.45. The second kappa shape index (κ2) is 10.8. The maximum absolute atomic E-state index is 14.5. The van der Waals surface area contributed by atoms with Crippen LogP contribution in [-0.4, -0.2) is 68.1 Å². The number of aromatic amines is 1. The number of halogens is 4. The summed E-state index contributed by atoms with van der Waals surface area (Å²) < 4.78 is 57.1. The zero-order chi connectivity index (χ0) is 27.4. The Labute approximate surface area is 209 Å². The highest BCUT2D eigenvalue weighted by Crippen LogP contribution is 2.32. The lowest BCUT2D eigenvalue weighted by atomic mass is 10.0. The average Bonchev–Trinajstić information content (AvgIpc) is 3.32. The summed E-state index contributed by atoms with van der Waals surface area (Å²) in [6.07, 6.45) is 2.71. The van der Waals surface area contributed by atoms with E-state index in [9.17, 15) is 27.2 Å². The van der Waals surface area contributed by atoms with Gasteiger partial charge in [-0.1, -0.05) is 19.2 Å². The molecule has 2 aromatic heterocycles. The van der Waals surface area contributed by atoms with Crippen LogP contribution in [0.25, 0.3) is 23.1 Å². The molecule has 0 aliphatic carbocycles. The molecule has 0 spiro atoms. The first-order valence-electron chi connectivity index (χ1n) is 11.0. The van der Waals surface area contributed by atoms with Crippen LogP contribution in [-0.2, 0) is 4.79 Å². The number of likely N-dealkylation sites (tertiary alicyclic amines) is 1. The summed E-state index contributed by atoms with van der Waals surface area (Å²) >= 11 is 0. The van der Waals surface area contributed by atoms with Crippen LogP contribution in [0.4, 0.5) is 17.6 Å². The number of H-pyrrole nitrogens is 1. The molecule has 196 valence electrons. The van der Waals surface area contributed by atoms with E-state index in [1.807, 2.05) is 0 Å². The number of alkyl halides is 4. The number of benzene rings is 1. The lowest BCUT2D eigenvalue weighted by molar-refractivity contribution is -0.161. The van der Waals surface area contributed by atoms with E-state index in [4.69, 9.17) is 9.84 Å². The molecule has 3 aromatic rings. The molecule has 1 aliphatic heterocycles. The van der Waals surface area contributed by atoms with Crippen molar-refractivity contribution in [2.45, 2.75) is 31.3 Å². The molecule has 1 amide bonds. The fraction of sp³-hybridized carbons (Fsp3) is 0.280. The highest BCUT2D eigenvalue weighted by atomic mass is 19.3. The fourth-order valence-electron chi connectivity index (χ4n) is 3.45. The number of rotatable bonds is 6. The summed E-state index contributed by atoms with van der Waals surface area (Å²) in [5.41, 5.74) is 2.42. The Morgan fingerprint density at radius 2 is 1.95 bits per heavy atom. The van der Waals surface area contributed by atoms with E-state index in [1.165, 1.54) is 17.0 Å². The van der Waals surface area contributed by atoms with E-state index < -0.39 is 30.3 Å². The van der Waals surface area contributed by atoms with Crippen molar-refractivity contribution in [1.29, 1.82) is 0 Å². The van der Waals surface area contributed by atoms with Gasteiger partial charge in [0.15, 0.2) is 6.10 Å². The molecule has 1 atom stereocenters. The number of carboxylic acid groups (broad SMARTS) is 1. The molecule has 0 saturated carbocycles. The van der Waals surface area contributed by atoms with E-state index in [-0.39, 0.29) is 24.9 Å². The van der Waals surface area contributed by atoms with Gasteiger partial charge in [-0.05, 0) is 35.9 Å². The Balaban J connectivity index is 0.000000479. The number of carbonyl (C=O) groups excluding carboxylic acids is 1. The first kappa shape index (κ1) is 27.4. The number of hydrogen-bond acceptors (Lipinski definition) is 5. The number of pyridine rings is 1. The quantitative estimate of drug-likeness (QED) is 0.448. The average molecular weight is 520 g/mol. The lowest BCUT2D eigenvalue weighted by Gasteiger charge is -2.38. The van der Waals surface area contributed by atoms with Crippen LogP contribution in [0.15, 0.2) is 49.7 Å². The van der Waals surface area contributed by atoms with Gasteiger partial charge in [-0.15, -0.1) is 0 Å². The van der Waals surface area contributed by atoms with E-state index in [0.717, 1.165) is 16.5 Å². The standard InChI is InChI=1S/C22H20F2N4O2.C3H4F2O2/c1-3-14-6-8-20(26-17(14)4-2)30-19-13-28(10-9-22(19,23)24)21(29)15-5-7-18-16(11-15)12-25-27-18;1-3(4,5)2(6)7/h3-8,11-12,19H,1-2,9-10,13H2,(H,25,27);1H3,(H,6,7). The van der Waals surface area contributed by atoms with E-state index in [2.05, 4.69) is 28.3 Å². The third-order valence-corrected chi connectivity index (χ3v) is 5.53. The Hall–Kier alpha value is -4.22. The van der Waals surface area contributed by atoms with Gasteiger partial charge in [0, 0.05) is 36.9 Å². The number of nitrogens with zero attached hydrogens (tertiary/aromatic N) is 3. The zero-order valence-electron chi connectivity index (χ0n) is 19.8. The number of ether oxygens (including phenoxy) is 1. The van der Waals surface area contributed by atoms with Crippen LogP contribution < -0.4 is 4.74 Å². The van der Waals surface area contributed by atoms with Crippen molar-refractivity contribution in [3.63, 3.8) is 0 Å². The summed E-state index contributed by atoms with van der Waals surface area (Å²) in [5.74, 6) is -9.04. The minimum absolute atomic E-state index is 0.0503. The molecular weight excluding hydrogens is 496 g/mol. The highest BCUT2D eigenvalue weighted by molar-refractivity contribution is 5.98. The predicted molar refractivity (Wildman–Crippen MR) is 129 cm³/mol. The Morgan fingerprint density at radius 3 is 2.57 bits per heavy atom. The van der Waals surface area contributed by atoms with Gasteiger partial charge >= 0.3 is 11.9 Å². The SMILES string of the molecule is C=Cc1ccc(OC2CN(C(=O)c3ccc4[nH]ncc4c3)CCC2(F)F)nc1C=C.CC(F)(F)C(=O)O. The number of nitrogens with one attached hydrogen (secondary N) is 1. The molecular formula is C25H24F4N4O4. The summed E-state index contributed by atoms with van der Waals surface area (Å²) in [4.78, 5) is 27.8. The van der Waals surface area contributed by atoms with Crippen molar-refractivity contribution in [3.8, 4) is 5.88 Å². The van der Waals surface area contributed by atoms with Crippen LogP contribution in [0, 0.1) is 0 Å². The monoisotopic (exact) mass is 520 g/mol. The third-order valence-electron chi connectivity index (χ3n) is 5.53. The van der Waals surface area contributed by atoms with Crippen LogP contribution in [0.2, 0.25) is 0 Å². The minimum Gasteiger partial charge on any atom is -0.477 e. The Bertz CT molecular complexity index is 1320. The van der Waals surface area contributed by atoms with Gasteiger partial charge in [0.25, 0.3) is 11.8 Å².